The Morgan fingerprint density at radius 3 is 2.27 bits per heavy atom. The molecule has 0 atom stereocenters. The van der Waals surface area contributed by atoms with Crippen LogP contribution in [0.15, 0.2) is 18.2 Å². The summed E-state index contributed by atoms with van der Waals surface area (Å²) in [6.45, 7) is 0.418. The molecule has 0 unspecified atom stereocenters. The third kappa shape index (κ3) is 4.74. The number of halogens is 2. The highest BCUT2D eigenvalue weighted by atomic mass is 32.2. The first-order valence-electron chi connectivity index (χ1n) is 10.2. The summed E-state index contributed by atoms with van der Waals surface area (Å²) in [7, 11) is -3.13. The van der Waals surface area contributed by atoms with Gasteiger partial charge < -0.3 is 15.1 Å². The number of sulfone groups is 1. The topological polar surface area (TPSA) is 86.8 Å². The van der Waals surface area contributed by atoms with E-state index in [2.05, 4.69) is 5.32 Å². The van der Waals surface area contributed by atoms with E-state index in [9.17, 15) is 26.8 Å². The van der Waals surface area contributed by atoms with Crippen LogP contribution in [-0.2, 0) is 14.6 Å². The number of hydrogen-bond acceptors (Lipinski definition) is 5. The molecule has 30 heavy (non-hydrogen) atoms. The van der Waals surface area contributed by atoms with Gasteiger partial charge in [-0.05, 0) is 31.0 Å². The predicted molar refractivity (Wildman–Crippen MR) is 109 cm³/mol. The summed E-state index contributed by atoms with van der Waals surface area (Å²) < 4.78 is 50.7. The molecule has 7 nitrogen and oxygen atoms in total. The van der Waals surface area contributed by atoms with Crippen LogP contribution in [0.5, 0.6) is 0 Å². The molecule has 2 aliphatic heterocycles. The average molecular weight is 442 g/mol. The zero-order valence-corrected chi connectivity index (χ0v) is 17.4. The Bertz CT molecular complexity index is 939. The Balaban J connectivity index is 1.59. The molecular formula is C20H25F2N3O4S. The molecule has 3 aliphatic rings. The standard InChI is InChI=1S/C20H25F2N3O4S/c21-20(22)5-7-24(8-6-20)17-13-15(23-18(26)14-1-2-14)3-4-16(17)19(27)25-9-11-30(28,29)12-10-25/h3-4,13-14H,1-2,5-12H2,(H,23,26). The van der Waals surface area contributed by atoms with Crippen molar-refractivity contribution in [1.29, 1.82) is 0 Å². The van der Waals surface area contributed by atoms with Crippen molar-refractivity contribution in [2.75, 3.05) is 47.9 Å². The number of nitrogens with zero attached hydrogens (tertiary/aromatic N) is 2. The summed E-state index contributed by atoms with van der Waals surface area (Å²) in [4.78, 5) is 28.5. The molecule has 3 fully saturated rings. The smallest absolute Gasteiger partial charge is 0.256 e. The molecule has 0 bridgehead atoms. The van der Waals surface area contributed by atoms with E-state index in [1.807, 2.05) is 0 Å². The minimum absolute atomic E-state index is 0.0127. The van der Waals surface area contributed by atoms with E-state index in [-0.39, 0.29) is 68.3 Å². The fourth-order valence-electron chi connectivity index (χ4n) is 3.80. The summed E-state index contributed by atoms with van der Waals surface area (Å²) in [6.07, 6.45) is 1.10. The van der Waals surface area contributed by atoms with Crippen molar-refractivity contribution in [3.63, 3.8) is 0 Å². The van der Waals surface area contributed by atoms with Gasteiger partial charge in [-0.2, -0.15) is 0 Å². The molecule has 4 rings (SSSR count). The van der Waals surface area contributed by atoms with Crippen molar-refractivity contribution in [2.24, 2.45) is 5.92 Å². The lowest BCUT2D eigenvalue weighted by molar-refractivity contribution is -0.117. The third-order valence-electron chi connectivity index (χ3n) is 5.91. The van der Waals surface area contributed by atoms with E-state index in [1.165, 1.54) is 4.90 Å². The first-order valence-corrected chi connectivity index (χ1v) is 12.0. The van der Waals surface area contributed by atoms with Crippen molar-refractivity contribution in [2.45, 2.75) is 31.6 Å². The monoisotopic (exact) mass is 441 g/mol. The lowest BCUT2D eigenvalue weighted by atomic mass is 10.0. The molecule has 1 aliphatic carbocycles. The van der Waals surface area contributed by atoms with Crippen LogP contribution in [0.4, 0.5) is 20.2 Å². The quantitative estimate of drug-likeness (QED) is 0.774. The van der Waals surface area contributed by atoms with Gasteiger partial charge in [-0.25, -0.2) is 17.2 Å². The van der Waals surface area contributed by atoms with E-state index < -0.39 is 15.8 Å². The molecular weight excluding hydrogens is 416 g/mol. The maximum Gasteiger partial charge on any atom is 0.256 e. The van der Waals surface area contributed by atoms with Gasteiger partial charge in [0.15, 0.2) is 9.84 Å². The fraction of sp³-hybridized carbons (Fsp3) is 0.600. The highest BCUT2D eigenvalue weighted by molar-refractivity contribution is 7.91. The number of benzene rings is 1. The molecule has 0 spiro atoms. The molecule has 1 N–H and O–H groups in total. The van der Waals surface area contributed by atoms with Crippen LogP contribution >= 0.6 is 0 Å². The van der Waals surface area contributed by atoms with Gasteiger partial charge in [0, 0.05) is 50.6 Å². The highest BCUT2D eigenvalue weighted by Crippen LogP contribution is 2.35. The number of hydrogen-bond donors (Lipinski definition) is 1. The normalized spacial score (nSPS) is 23.1. The van der Waals surface area contributed by atoms with Crippen molar-refractivity contribution in [3.8, 4) is 0 Å². The number of anilines is 2. The molecule has 10 heteroatoms. The molecule has 2 heterocycles. The number of amides is 2. The summed E-state index contributed by atoms with van der Waals surface area (Å²) in [6, 6.07) is 4.89. The number of piperidine rings is 1. The summed E-state index contributed by atoms with van der Waals surface area (Å²) in [5, 5.41) is 2.84. The number of carbonyl (C=O) groups excluding carboxylic acids is 2. The first kappa shape index (κ1) is 21.0. The maximum atomic E-state index is 13.6. The van der Waals surface area contributed by atoms with Crippen LogP contribution in [0.25, 0.3) is 0 Å². The molecule has 0 radical (unpaired) electrons. The highest BCUT2D eigenvalue weighted by Gasteiger charge is 2.36. The van der Waals surface area contributed by atoms with Gasteiger partial charge >= 0.3 is 0 Å². The number of alkyl halides is 2. The minimum atomic E-state index is -3.13. The molecule has 2 saturated heterocycles. The number of nitrogens with one attached hydrogen (secondary N) is 1. The van der Waals surface area contributed by atoms with E-state index in [4.69, 9.17) is 0 Å². The maximum absolute atomic E-state index is 13.6. The average Bonchev–Trinajstić information content (AvgIpc) is 3.53. The Kier molecular flexibility index (Phi) is 5.46. The summed E-state index contributed by atoms with van der Waals surface area (Å²) in [5.74, 6) is -3.28. The number of carbonyl (C=O) groups is 2. The third-order valence-corrected chi connectivity index (χ3v) is 7.52. The van der Waals surface area contributed by atoms with Crippen molar-refractivity contribution in [3.05, 3.63) is 23.8 Å². The molecule has 1 aromatic carbocycles. The second kappa shape index (κ2) is 7.79. The van der Waals surface area contributed by atoms with Crippen LogP contribution in [0.1, 0.15) is 36.0 Å². The van der Waals surface area contributed by atoms with Crippen molar-refractivity contribution in [1.82, 2.24) is 4.90 Å². The second-order valence-corrected chi connectivity index (χ2v) is 10.6. The van der Waals surface area contributed by atoms with Gasteiger partial charge in [-0.15, -0.1) is 0 Å². The number of rotatable bonds is 4. The van der Waals surface area contributed by atoms with Gasteiger partial charge in [-0.1, -0.05) is 0 Å². The van der Waals surface area contributed by atoms with Gasteiger partial charge in [0.2, 0.25) is 5.91 Å². The zero-order chi connectivity index (χ0) is 21.5. The summed E-state index contributed by atoms with van der Waals surface area (Å²) >= 11 is 0. The Hall–Kier alpha value is -2.23. The van der Waals surface area contributed by atoms with E-state index in [0.717, 1.165) is 12.8 Å². The van der Waals surface area contributed by atoms with Gasteiger partial charge in [-0.3, -0.25) is 9.59 Å². The van der Waals surface area contributed by atoms with Gasteiger partial charge in [0.1, 0.15) is 0 Å². The van der Waals surface area contributed by atoms with E-state index >= 15 is 0 Å². The fourth-order valence-corrected chi connectivity index (χ4v) is 5.00. The van der Waals surface area contributed by atoms with Crippen LogP contribution < -0.4 is 10.2 Å². The Morgan fingerprint density at radius 1 is 1.03 bits per heavy atom. The van der Waals surface area contributed by atoms with Gasteiger partial charge in [0.25, 0.3) is 11.8 Å². The van der Waals surface area contributed by atoms with Crippen molar-refractivity contribution >= 4 is 33.0 Å². The lowest BCUT2D eigenvalue weighted by Gasteiger charge is -2.35. The largest absolute Gasteiger partial charge is 0.370 e. The zero-order valence-electron chi connectivity index (χ0n) is 16.6. The second-order valence-electron chi connectivity index (χ2n) is 8.28. The molecule has 1 saturated carbocycles. The van der Waals surface area contributed by atoms with Crippen LogP contribution in [0.3, 0.4) is 0 Å². The Labute approximate surface area is 174 Å². The molecule has 2 amide bonds. The van der Waals surface area contributed by atoms with E-state index in [0.29, 0.717) is 16.9 Å². The molecule has 164 valence electrons. The van der Waals surface area contributed by atoms with Crippen LogP contribution in [0.2, 0.25) is 0 Å². The molecule has 0 aromatic heterocycles. The van der Waals surface area contributed by atoms with Crippen LogP contribution in [-0.4, -0.2) is 68.7 Å². The van der Waals surface area contributed by atoms with Crippen molar-refractivity contribution < 1.29 is 26.8 Å². The predicted octanol–water partition coefficient (Wildman–Crippen LogP) is 2.14. The first-order chi connectivity index (χ1) is 14.1. The van der Waals surface area contributed by atoms with Crippen LogP contribution in [0, 0.1) is 5.92 Å². The molecule has 1 aromatic rings. The minimum Gasteiger partial charge on any atom is -0.370 e. The summed E-state index contributed by atoms with van der Waals surface area (Å²) in [5.41, 5.74) is 1.36. The van der Waals surface area contributed by atoms with Gasteiger partial charge in [0.05, 0.1) is 22.8 Å². The van der Waals surface area contributed by atoms with E-state index in [1.54, 1.807) is 23.1 Å². The Morgan fingerprint density at radius 2 is 1.67 bits per heavy atom. The SMILES string of the molecule is O=C(Nc1ccc(C(=O)N2CCS(=O)(=O)CC2)c(N2CCC(F)(F)CC2)c1)C1CC1. The lowest BCUT2D eigenvalue weighted by Crippen LogP contribution is -2.45.